The summed E-state index contributed by atoms with van der Waals surface area (Å²) in [4.78, 5) is 14.9. The molecule has 0 unspecified atom stereocenters. The lowest BCUT2D eigenvalue weighted by Crippen LogP contribution is -2.02. The molecule has 1 aromatic heterocycles. The molecule has 0 spiro atoms. The van der Waals surface area contributed by atoms with Crippen LogP contribution in [-0.2, 0) is 22.6 Å². The van der Waals surface area contributed by atoms with Gasteiger partial charge in [-0.25, -0.2) is 0 Å². The molecule has 164 valence electrons. The number of hydrogen-bond donors (Lipinski definition) is 1. The van der Waals surface area contributed by atoms with Gasteiger partial charge in [0.15, 0.2) is 0 Å². The van der Waals surface area contributed by atoms with Crippen LogP contribution in [0.5, 0.6) is 5.75 Å². The minimum Gasteiger partial charge on any atom is -0.488 e. The van der Waals surface area contributed by atoms with Crippen molar-refractivity contribution in [1.29, 1.82) is 0 Å². The molecule has 0 atom stereocenters. The molecule has 1 heterocycles. The van der Waals surface area contributed by atoms with Gasteiger partial charge in [-0.3, -0.25) is 4.79 Å². The molecule has 4 heteroatoms. The zero-order chi connectivity index (χ0) is 22.6. The maximum Gasteiger partial charge on any atom is 0.305 e. The number of fused-ring (bicyclic) bond motifs is 2. The van der Waals surface area contributed by atoms with Crippen LogP contribution in [0.3, 0.4) is 0 Å². The van der Waals surface area contributed by atoms with Gasteiger partial charge in [0, 0.05) is 23.7 Å². The fourth-order valence-corrected chi connectivity index (χ4v) is 4.14. The van der Waals surface area contributed by atoms with Crippen LogP contribution in [0, 0.1) is 0 Å². The van der Waals surface area contributed by atoms with Gasteiger partial charge in [-0.15, -0.1) is 0 Å². The van der Waals surface area contributed by atoms with Crippen LogP contribution in [0.25, 0.3) is 32.8 Å². The molecule has 0 fully saturated rings. The maximum absolute atomic E-state index is 11.6. The Kier molecular flexibility index (Phi) is 5.81. The maximum atomic E-state index is 11.6. The summed E-state index contributed by atoms with van der Waals surface area (Å²) in [6.45, 7) is 0.478. The molecule has 0 aliphatic carbocycles. The Morgan fingerprint density at radius 2 is 1.67 bits per heavy atom. The highest BCUT2D eigenvalue weighted by atomic mass is 16.5. The van der Waals surface area contributed by atoms with Crippen LogP contribution in [-0.4, -0.2) is 18.1 Å². The van der Waals surface area contributed by atoms with E-state index >= 15 is 0 Å². The second-order valence-corrected chi connectivity index (χ2v) is 8.16. The Balaban J connectivity index is 1.45. The molecule has 4 nitrogen and oxygen atoms in total. The SMILES string of the molecule is COC(=O)CCc1ccc(OCc2ccc3ccccc3c2)c(-c2ccc3[nH]ccc3c2)c1. The molecular weight excluding hydrogens is 410 g/mol. The van der Waals surface area contributed by atoms with Crippen LogP contribution in [0.15, 0.2) is 91.1 Å². The zero-order valence-electron chi connectivity index (χ0n) is 18.5. The molecule has 0 aliphatic rings. The lowest BCUT2D eigenvalue weighted by molar-refractivity contribution is -0.140. The summed E-state index contributed by atoms with van der Waals surface area (Å²) < 4.78 is 11.1. The first-order valence-corrected chi connectivity index (χ1v) is 11.1. The van der Waals surface area contributed by atoms with E-state index in [1.165, 1.54) is 17.9 Å². The molecule has 33 heavy (non-hydrogen) atoms. The third kappa shape index (κ3) is 4.60. The Labute approximate surface area is 192 Å². The van der Waals surface area contributed by atoms with Crippen LogP contribution in [0.1, 0.15) is 17.5 Å². The number of benzene rings is 4. The van der Waals surface area contributed by atoms with Gasteiger partial charge in [-0.05, 0) is 75.7 Å². The summed E-state index contributed by atoms with van der Waals surface area (Å²) in [6, 6.07) is 29.3. The predicted octanol–water partition coefficient (Wildman–Crippen LogP) is 6.67. The highest BCUT2D eigenvalue weighted by molar-refractivity contribution is 5.86. The first kappa shape index (κ1) is 20.8. The molecule has 0 aliphatic heterocycles. The van der Waals surface area contributed by atoms with Gasteiger partial charge in [-0.1, -0.05) is 48.5 Å². The monoisotopic (exact) mass is 435 g/mol. The van der Waals surface area contributed by atoms with Crippen LogP contribution in [0.2, 0.25) is 0 Å². The van der Waals surface area contributed by atoms with E-state index in [1.807, 2.05) is 24.4 Å². The van der Waals surface area contributed by atoms with Gasteiger partial charge in [-0.2, -0.15) is 0 Å². The third-order valence-electron chi connectivity index (χ3n) is 5.96. The molecule has 5 aromatic rings. The molecule has 4 aromatic carbocycles. The molecule has 0 saturated heterocycles. The third-order valence-corrected chi connectivity index (χ3v) is 5.96. The highest BCUT2D eigenvalue weighted by Crippen LogP contribution is 2.34. The van der Waals surface area contributed by atoms with Crippen molar-refractivity contribution in [3.05, 3.63) is 102 Å². The summed E-state index contributed by atoms with van der Waals surface area (Å²) >= 11 is 0. The number of aryl methyl sites for hydroxylation is 1. The van der Waals surface area contributed by atoms with Gasteiger partial charge in [0.05, 0.1) is 7.11 Å². The number of nitrogens with one attached hydrogen (secondary N) is 1. The fraction of sp³-hybridized carbons (Fsp3) is 0.138. The Hall–Kier alpha value is -4.05. The number of aromatic nitrogens is 1. The number of esters is 1. The normalized spacial score (nSPS) is 11.1. The van der Waals surface area contributed by atoms with E-state index in [0.717, 1.165) is 38.9 Å². The molecule has 0 radical (unpaired) electrons. The van der Waals surface area contributed by atoms with Crippen molar-refractivity contribution in [1.82, 2.24) is 4.98 Å². The van der Waals surface area contributed by atoms with Crippen molar-refractivity contribution >= 4 is 27.6 Å². The van der Waals surface area contributed by atoms with Gasteiger partial charge in [0.1, 0.15) is 12.4 Å². The first-order valence-electron chi connectivity index (χ1n) is 11.1. The van der Waals surface area contributed by atoms with Crippen molar-refractivity contribution in [2.75, 3.05) is 7.11 Å². The Morgan fingerprint density at radius 3 is 2.55 bits per heavy atom. The van der Waals surface area contributed by atoms with Crippen LogP contribution < -0.4 is 4.74 Å². The van der Waals surface area contributed by atoms with Crippen molar-refractivity contribution in [3.63, 3.8) is 0 Å². The molecule has 5 rings (SSSR count). The van der Waals surface area contributed by atoms with E-state index in [-0.39, 0.29) is 5.97 Å². The quantitative estimate of drug-likeness (QED) is 0.290. The van der Waals surface area contributed by atoms with Gasteiger partial charge in [0.2, 0.25) is 0 Å². The highest BCUT2D eigenvalue weighted by Gasteiger charge is 2.11. The van der Waals surface area contributed by atoms with Gasteiger partial charge >= 0.3 is 5.97 Å². The summed E-state index contributed by atoms with van der Waals surface area (Å²) in [7, 11) is 1.42. The van der Waals surface area contributed by atoms with E-state index in [4.69, 9.17) is 9.47 Å². The zero-order valence-corrected chi connectivity index (χ0v) is 18.5. The van der Waals surface area contributed by atoms with Crippen LogP contribution in [0.4, 0.5) is 0 Å². The van der Waals surface area contributed by atoms with Crippen molar-refractivity contribution in [3.8, 4) is 16.9 Å². The average Bonchev–Trinajstić information content (AvgIpc) is 3.34. The van der Waals surface area contributed by atoms with Crippen molar-refractivity contribution < 1.29 is 14.3 Å². The number of rotatable bonds is 7. The number of hydrogen-bond acceptors (Lipinski definition) is 3. The second-order valence-electron chi connectivity index (χ2n) is 8.16. The number of methoxy groups -OCH3 is 1. The number of H-pyrrole nitrogens is 1. The topological polar surface area (TPSA) is 51.3 Å². The number of carbonyl (C=O) groups is 1. The molecule has 0 saturated carbocycles. The standard InChI is InChI=1S/C29H25NO3/c1-32-29(31)13-8-20-7-12-28(26(17-20)24-10-11-27-25(18-24)14-15-30-27)33-19-21-6-9-22-4-2-3-5-23(22)16-21/h2-7,9-12,14-18,30H,8,13,19H2,1H3. The van der Waals surface area contributed by atoms with E-state index in [2.05, 4.69) is 71.7 Å². The second kappa shape index (κ2) is 9.21. The minimum absolute atomic E-state index is 0.207. The fourth-order valence-electron chi connectivity index (χ4n) is 4.14. The number of ether oxygens (including phenoxy) is 2. The van der Waals surface area contributed by atoms with Crippen molar-refractivity contribution in [2.24, 2.45) is 0 Å². The first-order chi connectivity index (χ1) is 16.2. The molecule has 0 amide bonds. The minimum atomic E-state index is -0.207. The van der Waals surface area contributed by atoms with E-state index < -0.39 is 0 Å². The van der Waals surface area contributed by atoms with Crippen molar-refractivity contribution in [2.45, 2.75) is 19.4 Å². The summed E-state index contributed by atoms with van der Waals surface area (Å²) in [5.41, 5.74) is 5.38. The lowest BCUT2D eigenvalue weighted by Gasteiger charge is -2.14. The lowest BCUT2D eigenvalue weighted by atomic mass is 9.98. The van der Waals surface area contributed by atoms with Gasteiger partial charge < -0.3 is 14.5 Å². The molecular formula is C29H25NO3. The van der Waals surface area contributed by atoms with Crippen LogP contribution >= 0.6 is 0 Å². The summed E-state index contributed by atoms with van der Waals surface area (Å²) in [5, 5.41) is 3.57. The van der Waals surface area contributed by atoms with E-state index in [0.29, 0.717) is 19.4 Å². The molecule has 1 N–H and O–H groups in total. The van der Waals surface area contributed by atoms with Gasteiger partial charge in [0.25, 0.3) is 0 Å². The summed E-state index contributed by atoms with van der Waals surface area (Å²) in [6.07, 6.45) is 2.92. The molecule has 0 bridgehead atoms. The average molecular weight is 436 g/mol. The number of aromatic amines is 1. The Bertz CT molecular complexity index is 1430. The Morgan fingerprint density at radius 1 is 0.818 bits per heavy atom. The smallest absolute Gasteiger partial charge is 0.305 e. The number of carbonyl (C=O) groups excluding carboxylic acids is 1. The van der Waals surface area contributed by atoms with E-state index in [9.17, 15) is 4.79 Å². The largest absolute Gasteiger partial charge is 0.488 e. The predicted molar refractivity (Wildman–Crippen MR) is 132 cm³/mol. The van der Waals surface area contributed by atoms with E-state index in [1.54, 1.807) is 0 Å². The summed E-state index contributed by atoms with van der Waals surface area (Å²) in [5.74, 6) is 0.613.